The van der Waals surface area contributed by atoms with Crippen molar-refractivity contribution in [3.05, 3.63) is 57.9 Å². The van der Waals surface area contributed by atoms with Crippen LogP contribution in [0.15, 0.2) is 46.1 Å². The molecule has 1 fully saturated rings. The molecule has 0 bridgehead atoms. The van der Waals surface area contributed by atoms with E-state index >= 15 is 0 Å². The van der Waals surface area contributed by atoms with Gasteiger partial charge in [-0.2, -0.15) is 0 Å². The topological polar surface area (TPSA) is 74.3 Å². The fraction of sp³-hybridized carbons (Fsp3) is 0.211. The molecule has 0 amide bonds. The summed E-state index contributed by atoms with van der Waals surface area (Å²) in [5.74, 6) is -1.26. The minimum absolute atomic E-state index is 0.00625. The van der Waals surface area contributed by atoms with Crippen LogP contribution in [-0.4, -0.2) is 26.5 Å². The third-order valence-corrected chi connectivity index (χ3v) is 6.93. The van der Waals surface area contributed by atoms with Crippen LogP contribution in [-0.2, 0) is 10.0 Å². The number of nitrogens with one attached hydrogen (secondary N) is 2. The van der Waals surface area contributed by atoms with E-state index in [1.54, 1.807) is 6.07 Å². The van der Waals surface area contributed by atoms with E-state index in [2.05, 4.69) is 15.0 Å². The molecule has 2 N–H and O–H groups in total. The molecule has 2 aromatic carbocycles. The third kappa shape index (κ3) is 4.35. The summed E-state index contributed by atoms with van der Waals surface area (Å²) in [7, 11) is -4.20. The van der Waals surface area contributed by atoms with E-state index in [-0.39, 0.29) is 22.3 Å². The fourth-order valence-electron chi connectivity index (χ4n) is 3.26. The molecule has 0 unspecified atom stereocenters. The summed E-state index contributed by atoms with van der Waals surface area (Å²) in [4.78, 5) is 5.27. The first-order valence-electron chi connectivity index (χ1n) is 9.05. The number of anilines is 4. The molecule has 1 aliphatic heterocycles. The summed E-state index contributed by atoms with van der Waals surface area (Å²) in [5.41, 5.74) is 2.82. The number of sulfonamides is 1. The molecule has 0 aliphatic carbocycles. The molecule has 4 rings (SSSR count). The Morgan fingerprint density at radius 2 is 1.87 bits per heavy atom. The highest BCUT2D eigenvalue weighted by Gasteiger charge is 2.23. The summed E-state index contributed by atoms with van der Waals surface area (Å²) >= 11 is 7.46. The van der Waals surface area contributed by atoms with Crippen LogP contribution >= 0.6 is 22.9 Å². The van der Waals surface area contributed by atoms with Crippen molar-refractivity contribution in [1.82, 2.24) is 4.98 Å². The van der Waals surface area contributed by atoms with E-state index in [9.17, 15) is 17.2 Å². The molecule has 1 aromatic heterocycles. The smallest absolute Gasteiger partial charge is 0.266 e. The molecule has 0 spiro atoms. The van der Waals surface area contributed by atoms with Gasteiger partial charge >= 0.3 is 0 Å². The molecule has 6 nitrogen and oxygen atoms in total. The lowest BCUT2D eigenvalue weighted by Gasteiger charge is -2.22. The van der Waals surface area contributed by atoms with E-state index in [0.717, 1.165) is 38.1 Å². The predicted molar refractivity (Wildman–Crippen MR) is 115 cm³/mol. The number of hydrogen-bond donors (Lipinski definition) is 2. The third-order valence-electron chi connectivity index (χ3n) is 4.66. The van der Waals surface area contributed by atoms with Crippen LogP contribution in [0.1, 0.15) is 12.8 Å². The van der Waals surface area contributed by atoms with Gasteiger partial charge < -0.3 is 10.2 Å². The zero-order valence-corrected chi connectivity index (χ0v) is 17.9. The molecule has 0 radical (unpaired) electrons. The van der Waals surface area contributed by atoms with Gasteiger partial charge in [-0.25, -0.2) is 22.2 Å². The van der Waals surface area contributed by atoms with Gasteiger partial charge in [-0.05, 0) is 37.1 Å². The number of rotatable bonds is 6. The monoisotopic (exact) mass is 470 g/mol. The summed E-state index contributed by atoms with van der Waals surface area (Å²) < 4.78 is 55.7. The average Bonchev–Trinajstić information content (AvgIpc) is 3.39. The largest absolute Gasteiger partial charge is 0.370 e. The Hall–Kier alpha value is -2.43. The summed E-state index contributed by atoms with van der Waals surface area (Å²) in [6, 6.07) is 6.30. The molecule has 0 atom stereocenters. The molecule has 2 heterocycles. The summed E-state index contributed by atoms with van der Waals surface area (Å²) in [6.07, 6.45) is 2.01. The van der Waals surface area contributed by atoms with E-state index in [1.807, 2.05) is 4.90 Å². The van der Waals surface area contributed by atoms with Gasteiger partial charge in [0, 0.05) is 24.5 Å². The molecular formula is C19H17ClF2N4O2S2. The van der Waals surface area contributed by atoms with Crippen molar-refractivity contribution in [2.45, 2.75) is 17.7 Å². The minimum atomic E-state index is -4.20. The quantitative estimate of drug-likeness (QED) is 0.516. The maximum atomic E-state index is 14.7. The van der Waals surface area contributed by atoms with Gasteiger partial charge in [-0.3, -0.25) is 4.72 Å². The normalized spacial score (nSPS) is 14.2. The lowest BCUT2D eigenvalue weighted by atomic mass is 10.2. The first kappa shape index (κ1) is 20.8. The lowest BCUT2D eigenvalue weighted by Crippen LogP contribution is -2.19. The Labute approximate surface area is 181 Å². The second kappa shape index (κ2) is 8.37. The van der Waals surface area contributed by atoms with Crippen molar-refractivity contribution < 1.29 is 17.2 Å². The molecule has 30 heavy (non-hydrogen) atoms. The highest BCUT2D eigenvalue weighted by Crippen LogP contribution is 2.36. The second-order valence-corrected chi connectivity index (χ2v) is 9.50. The lowest BCUT2D eigenvalue weighted by molar-refractivity contribution is 0.570. The first-order valence-corrected chi connectivity index (χ1v) is 11.9. The number of nitrogens with zero attached hydrogens (tertiary/aromatic N) is 2. The number of benzene rings is 2. The Balaban J connectivity index is 1.65. The van der Waals surface area contributed by atoms with E-state index < -0.39 is 20.7 Å². The molecular weight excluding hydrogens is 454 g/mol. The van der Waals surface area contributed by atoms with Crippen LogP contribution in [0.2, 0.25) is 5.02 Å². The standard InChI is InChI=1S/C19H17ClF2N4O2S2/c20-13-8-18(30(27,28)25-19-10-29-11-23-19)14(22)9-16(13)24-15-4-3-12(21)7-17(15)26-5-1-2-6-26/h3-4,7-11,24-25H,1-2,5-6H2. The predicted octanol–water partition coefficient (Wildman–Crippen LogP) is 5.22. The minimum Gasteiger partial charge on any atom is -0.370 e. The first-order chi connectivity index (χ1) is 14.3. The maximum absolute atomic E-state index is 14.7. The maximum Gasteiger partial charge on any atom is 0.266 e. The van der Waals surface area contributed by atoms with Crippen molar-refractivity contribution in [1.29, 1.82) is 0 Å². The van der Waals surface area contributed by atoms with Gasteiger partial charge in [0.1, 0.15) is 16.5 Å². The molecule has 0 saturated carbocycles. The highest BCUT2D eigenvalue weighted by atomic mass is 35.5. The fourth-order valence-corrected chi connectivity index (χ4v) is 5.18. The van der Waals surface area contributed by atoms with E-state index in [0.29, 0.717) is 11.4 Å². The zero-order chi connectivity index (χ0) is 21.3. The van der Waals surface area contributed by atoms with Gasteiger partial charge in [0.05, 0.1) is 27.6 Å². The van der Waals surface area contributed by atoms with Gasteiger partial charge in [0.25, 0.3) is 10.0 Å². The van der Waals surface area contributed by atoms with Gasteiger partial charge in [-0.1, -0.05) is 11.6 Å². The molecule has 3 aromatic rings. The molecule has 1 saturated heterocycles. The average molecular weight is 471 g/mol. The zero-order valence-electron chi connectivity index (χ0n) is 15.5. The number of thiazole rings is 1. The van der Waals surface area contributed by atoms with Crippen LogP contribution < -0.4 is 14.9 Å². The Morgan fingerprint density at radius 3 is 2.57 bits per heavy atom. The SMILES string of the molecule is O=S(=O)(Nc1cscn1)c1cc(Cl)c(Nc2ccc(F)cc2N2CCCC2)cc1F. The van der Waals surface area contributed by atoms with Gasteiger partial charge in [-0.15, -0.1) is 11.3 Å². The Morgan fingerprint density at radius 1 is 1.10 bits per heavy atom. The van der Waals surface area contributed by atoms with Gasteiger partial charge in [0.15, 0.2) is 5.82 Å². The summed E-state index contributed by atoms with van der Waals surface area (Å²) in [6.45, 7) is 1.58. The van der Waals surface area contributed by atoms with Crippen LogP contribution in [0.5, 0.6) is 0 Å². The van der Waals surface area contributed by atoms with Crippen molar-refractivity contribution in [2.75, 3.05) is 28.0 Å². The van der Waals surface area contributed by atoms with Crippen molar-refractivity contribution in [2.24, 2.45) is 0 Å². The van der Waals surface area contributed by atoms with E-state index in [1.165, 1.54) is 34.4 Å². The van der Waals surface area contributed by atoms with Crippen LogP contribution in [0.3, 0.4) is 0 Å². The van der Waals surface area contributed by atoms with E-state index in [4.69, 9.17) is 11.6 Å². The van der Waals surface area contributed by atoms with Crippen LogP contribution in [0.25, 0.3) is 0 Å². The van der Waals surface area contributed by atoms with Gasteiger partial charge in [0.2, 0.25) is 0 Å². The highest BCUT2D eigenvalue weighted by molar-refractivity contribution is 7.92. The van der Waals surface area contributed by atoms with Crippen molar-refractivity contribution in [3.8, 4) is 0 Å². The molecule has 158 valence electrons. The van der Waals surface area contributed by atoms with Crippen molar-refractivity contribution >= 4 is 55.8 Å². The Kier molecular flexibility index (Phi) is 5.81. The summed E-state index contributed by atoms with van der Waals surface area (Å²) in [5, 5.41) is 4.50. The van der Waals surface area contributed by atoms with Crippen LogP contribution in [0, 0.1) is 11.6 Å². The Bertz CT molecular complexity index is 1170. The molecule has 11 heteroatoms. The second-order valence-electron chi connectivity index (χ2n) is 6.72. The number of aromatic nitrogens is 1. The number of hydrogen-bond acceptors (Lipinski definition) is 6. The number of halogens is 3. The van der Waals surface area contributed by atoms with Crippen molar-refractivity contribution in [3.63, 3.8) is 0 Å². The molecule has 1 aliphatic rings. The van der Waals surface area contributed by atoms with Crippen LogP contribution in [0.4, 0.5) is 31.7 Å².